The monoisotopic (exact) mass is 214 g/mol. The van der Waals surface area contributed by atoms with Gasteiger partial charge in [0.15, 0.2) is 0 Å². The fourth-order valence-electron chi connectivity index (χ4n) is 0.588. The number of hydrogen-bond donors (Lipinski definition) is 1. The van der Waals surface area contributed by atoms with Crippen LogP contribution in [0.1, 0.15) is 0 Å². The molecule has 0 amide bonds. The van der Waals surface area contributed by atoms with E-state index in [1.807, 2.05) is 0 Å². The third-order valence-corrected chi connectivity index (χ3v) is 2.87. The highest BCUT2D eigenvalue weighted by molar-refractivity contribution is 8.43. The van der Waals surface area contributed by atoms with E-state index >= 15 is 0 Å². The van der Waals surface area contributed by atoms with Gasteiger partial charge in [-0.1, -0.05) is 0 Å². The van der Waals surface area contributed by atoms with E-state index in [-0.39, 0.29) is 0 Å². The van der Waals surface area contributed by atoms with Crippen LogP contribution in [-0.2, 0) is 0 Å². The Bertz CT molecular complexity index is 277. The van der Waals surface area contributed by atoms with Crippen LogP contribution >= 0.6 is 10.3 Å². The van der Waals surface area contributed by atoms with Crippen LogP contribution in [-0.4, -0.2) is 0 Å². The second kappa shape index (κ2) is 1.98. The molecule has 0 radical (unpaired) electrons. The lowest BCUT2D eigenvalue weighted by atomic mass is 10.5. The first kappa shape index (κ1) is 9.43. The zero-order chi connectivity index (χ0) is 9.76. The molecule has 1 heterocycles. The van der Waals surface area contributed by atoms with Gasteiger partial charge in [0.25, 0.3) is 0 Å². The molecule has 0 aromatic heterocycles. The molecule has 0 bridgehead atoms. The molecule has 0 nitrogen and oxygen atoms in total. The SMILES string of the molecule is FC1=C(F)[SH](F)(F)(F)C(F)=C1F. The third-order valence-electron chi connectivity index (χ3n) is 1.20. The van der Waals surface area contributed by atoms with Crippen molar-refractivity contribution in [1.82, 2.24) is 0 Å². The minimum absolute atomic E-state index is 2.79. The minimum Gasteiger partial charge on any atom is -0.200 e. The summed E-state index contributed by atoms with van der Waals surface area (Å²) < 4.78 is 83.6. The lowest BCUT2D eigenvalue weighted by molar-refractivity contribution is 0.501. The molecule has 0 fully saturated rings. The van der Waals surface area contributed by atoms with Crippen molar-refractivity contribution in [2.24, 2.45) is 0 Å². The van der Waals surface area contributed by atoms with Gasteiger partial charge in [0.1, 0.15) is 10.3 Å². The van der Waals surface area contributed by atoms with Gasteiger partial charge in [0.2, 0.25) is 22.0 Å². The summed E-state index contributed by atoms with van der Waals surface area (Å²) in [5, 5.41) is -6.54. The van der Waals surface area contributed by atoms with E-state index < -0.39 is 32.3 Å². The maximum Gasteiger partial charge on any atom is 0.240 e. The first-order valence-corrected chi connectivity index (χ1v) is 4.37. The normalized spacial score (nSPS) is 30.4. The first-order chi connectivity index (χ1) is 5.17. The van der Waals surface area contributed by atoms with Gasteiger partial charge in [0.05, 0.1) is 0 Å². The average molecular weight is 214 g/mol. The largest absolute Gasteiger partial charge is 0.240 e. The quantitative estimate of drug-likeness (QED) is 0.458. The van der Waals surface area contributed by atoms with Crippen LogP contribution < -0.4 is 0 Å². The molecule has 8 heteroatoms. The molecular formula is C4HF7S. The topological polar surface area (TPSA) is 0 Å². The van der Waals surface area contributed by atoms with Gasteiger partial charge in [-0.25, -0.2) is 0 Å². The summed E-state index contributed by atoms with van der Waals surface area (Å²) in [5.41, 5.74) is 0. The Hall–Kier alpha value is -0.660. The van der Waals surface area contributed by atoms with Crippen molar-refractivity contribution in [2.45, 2.75) is 0 Å². The van der Waals surface area contributed by atoms with E-state index in [9.17, 15) is 29.2 Å². The Labute approximate surface area is 62.5 Å². The molecule has 1 aliphatic rings. The smallest absolute Gasteiger partial charge is 0.200 e. The summed E-state index contributed by atoms with van der Waals surface area (Å²) >= 11 is 0. The van der Waals surface area contributed by atoms with Crippen molar-refractivity contribution < 1.29 is 29.2 Å². The van der Waals surface area contributed by atoms with E-state index in [0.29, 0.717) is 0 Å². The van der Waals surface area contributed by atoms with E-state index in [0.717, 1.165) is 0 Å². The van der Waals surface area contributed by atoms with Crippen LogP contribution in [0.2, 0.25) is 0 Å². The van der Waals surface area contributed by atoms with Gasteiger partial charge >= 0.3 is 0 Å². The fraction of sp³-hybridized carbons (Fsp3) is 0. The maximum atomic E-state index is 12.0. The molecule has 12 heavy (non-hydrogen) atoms. The highest BCUT2D eigenvalue weighted by Gasteiger charge is 2.59. The molecule has 1 rings (SSSR count). The average Bonchev–Trinajstić information content (AvgIpc) is 2.04. The van der Waals surface area contributed by atoms with Crippen LogP contribution in [0, 0.1) is 0 Å². The zero-order valence-electron chi connectivity index (χ0n) is 5.09. The van der Waals surface area contributed by atoms with Crippen LogP contribution in [0.4, 0.5) is 29.2 Å². The van der Waals surface area contributed by atoms with Crippen LogP contribution in [0.5, 0.6) is 0 Å². The molecule has 0 aromatic rings. The fourth-order valence-corrected chi connectivity index (χ4v) is 1.60. The summed E-state index contributed by atoms with van der Waals surface area (Å²) in [6.45, 7) is 0. The number of allylic oxidation sites excluding steroid dienone is 2. The molecule has 0 spiro atoms. The van der Waals surface area contributed by atoms with Crippen LogP contribution in [0.25, 0.3) is 0 Å². The maximum absolute atomic E-state index is 12.0. The molecule has 0 atom stereocenters. The molecule has 0 N–H and O–H groups in total. The summed E-state index contributed by atoms with van der Waals surface area (Å²) in [5.74, 6) is -5.59. The molecule has 0 aromatic carbocycles. The van der Waals surface area contributed by atoms with Crippen LogP contribution in [0.15, 0.2) is 22.0 Å². The van der Waals surface area contributed by atoms with E-state index in [4.69, 9.17) is 0 Å². The number of hydrogen-bond acceptors (Lipinski definition) is 0. The highest BCUT2D eigenvalue weighted by Crippen LogP contribution is 2.89. The predicted octanol–water partition coefficient (Wildman–Crippen LogP) is 3.94. The Morgan fingerprint density at radius 1 is 0.667 bits per heavy atom. The predicted molar refractivity (Wildman–Crippen MR) is 30.8 cm³/mol. The third kappa shape index (κ3) is 0.869. The number of halogens is 7. The van der Waals surface area contributed by atoms with Gasteiger partial charge in [-0.15, -0.1) is 11.7 Å². The van der Waals surface area contributed by atoms with Crippen molar-refractivity contribution in [1.29, 1.82) is 0 Å². The number of rotatable bonds is 0. The van der Waals surface area contributed by atoms with Gasteiger partial charge in [0, 0.05) is 0 Å². The lowest BCUT2D eigenvalue weighted by Gasteiger charge is -2.30. The van der Waals surface area contributed by atoms with Crippen molar-refractivity contribution in [3.05, 3.63) is 22.0 Å². The molecule has 72 valence electrons. The molecule has 0 unspecified atom stereocenters. The molecular weight excluding hydrogens is 213 g/mol. The summed E-state index contributed by atoms with van der Waals surface area (Å²) in [6, 6.07) is 0. The second-order valence-corrected chi connectivity index (χ2v) is 4.43. The Kier molecular flexibility index (Phi) is 1.56. The van der Waals surface area contributed by atoms with Gasteiger partial charge in [-0.2, -0.15) is 17.6 Å². The van der Waals surface area contributed by atoms with Crippen molar-refractivity contribution >= 4 is 10.3 Å². The van der Waals surface area contributed by atoms with Gasteiger partial charge < -0.3 is 0 Å². The van der Waals surface area contributed by atoms with Gasteiger partial charge in [-0.05, 0) is 0 Å². The molecule has 0 saturated heterocycles. The summed E-state index contributed by atoms with van der Waals surface area (Å²) in [7, 11) is -8.16. The van der Waals surface area contributed by atoms with E-state index in [2.05, 4.69) is 0 Å². The first-order valence-electron chi connectivity index (χ1n) is 2.46. The zero-order valence-corrected chi connectivity index (χ0v) is 5.99. The molecule has 0 saturated carbocycles. The molecule has 0 aliphatic carbocycles. The minimum atomic E-state index is -8.16. The Morgan fingerprint density at radius 3 is 1.00 bits per heavy atom. The Balaban J connectivity index is 3.48. The Morgan fingerprint density at radius 2 is 0.917 bits per heavy atom. The van der Waals surface area contributed by atoms with Crippen LogP contribution in [0.3, 0.4) is 0 Å². The van der Waals surface area contributed by atoms with Gasteiger partial charge in [-0.3, -0.25) is 0 Å². The van der Waals surface area contributed by atoms with Crippen molar-refractivity contribution in [2.75, 3.05) is 0 Å². The van der Waals surface area contributed by atoms with Crippen molar-refractivity contribution in [3.63, 3.8) is 0 Å². The second-order valence-electron chi connectivity index (χ2n) is 2.02. The molecule has 1 aliphatic heterocycles. The lowest BCUT2D eigenvalue weighted by Crippen LogP contribution is -1.95. The summed E-state index contributed by atoms with van der Waals surface area (Å²) in [6.07, 6.45) is 0. The van der Waals surface area contributed by atoms with E-state index in [1.165, 1.54) is 0 Å². The highest BCUT2D eigenvalue weighted by atomic mass is 32.4. The number of thiol groups is 1. The summed E-state index contributed by atoms with van der Waals surface area (Å²) in [4.78, 5) is 0. The van der Waals surface area contributed by atoms with E-state index in [1.54, 1.807) is 0 Å². The van der Waals surface area contributed by atoms with Crippen molar-refractivity contribution in [3.8, 4) is 0 Å². The standard InChI is InChI=1S/C4HF7S/c5-1-2(6)4(8)12(9,10,11)3(1)7/h12H.